The van der Waals surface area contributed by atoms with Gasteiger partial charge in [-0.15, -0.1) is 0 Å². The molecule has 1 heterocycles. The fraction of sp³-hybridized carbons (Fsp3) is 0.353. The molecule has 0 saturated carbocycles. The van der Waals surface area contributed by atoms with Gasteiger partial charge in [0, 0.05) is 24.3 Å². The van der Waals surface area contributed by atoms with Crippen molar-refractivity contribution in [2.45, 2.75) is 40.3 Å². The van der Waals surface area contributed by atoms with Crippen LogP contribution in [-0.4, -0.2) is 11.0 Å². The van der Waals surface area contributed by atoms with E-state index in [1.54, 1.807) is 0 Å². The second kappa shape index (κ2) is 6.53. The maximum Gasteiger partial charge on any atom is 0.219 e. The van der Waals surface area contributed by atoms with E-state index in [2.05, 4.69) is 30.2 Å². The Morgan fingerprint density at radius 3 is 2.60 bits per heavy atom. The van der Waals surface area contributed by atoms with Crippen molar-refractivity contribution in [2.75, 3.05) is 0 Å². The van der Waals surface area contributed by atoms with E-state index in [1.807, 2.05) is 44.2 Å². The van der Waals surface area contributed by atoms with Gasteiger partial charge in [0.25, 0.3) is 0 Å². The Hall–Kier alpha value is -1.87. The molecule has 0 atom stereocenters. The van der Waals surface area contributed by atoms with Crippen molar-refractivity contribution in [1.82, 2.24) is 10.3 Å². The first-order chi connectivity index (χ1) is 9.54. The fourth-order valence-corrected chi connectivity index (χ4v) is 1.92. The van der Waals surface area contributed by atoms with Gasteiger partial charge in [-0.3, -0.25) is 0 Å². The maximum absolute atomic E-state index is 5.79. The van der Waals surface area contributed by atoms with Crippen molar-refractivity contribution in [3.8, 4) is 11.6 Å². The second-order valence-electron chi connectivity index (χ2n) is 5.35. The highest BCUT2D eigenvalue weighted by atomic mass is 16.5. The largest absolute Gasteiger partial charge is 0.439 e. The van der Waals surface area contributed by atoms with E-state index in [0.29, 0.717) is 11.9 Å². The highest BCUT2D eigenvalue weighted by molar-refractivity contribution is 5.32. The standard InChI is InChI=1S/C17H22N2O/c1-12(2)18-11-15-8-9-17(19-14(15)4)20-16-7-5-6-13(3)10-16/h5-10,12,18H,11H2,1-4H3. The predicted octanol–water partition coefficient (Wildman–Crippen LogP) is 3.99. The molecule has 0 radical (unpaired) electrons. The minimum Gasteiger partial charge on any atom is -0.439 e. The normalized spacial score (nSPS) is 10.8. The van der Waals surface area contributed by atoms with Crippen LogP contribution in [-0.2, 0) is 6.54 Å². The van der Waals surface area contributed by atoms with Crippen LogP contribution < -0.4 is 10.1 Å². The van der Waals surface area contributed by atoms with Gasteiger partial charge in [-0.05, 0) is 37.1 Å². The number of benzene rings is 1. The molecular formula is C17H22N2O. The SMILES string of the molecule is Cc1cccc(Oc2ccc(CNC(C)C)c(C)n2)c1. The highest BCUT2D eigenvalue weighted by Gasteiger charge is 2.04. The lowest BCUT2D eigenvalue weighted by atomic mass is 10.2. The van der Waals surface area contributed by atoms with Crippen LogP contribution >= 0.6 is 0 Å². The molecule has 2 aromatic rings. The minimum atomic E-state index is 0.470. The third-order valence-electron chi connectivity index (χ3n) is 3.08. The minimum absolute atomic E-state index is 0.470. The molecule has 3 heteroatoms. The third-order valence-corrected chi connectivity index (χ3v) is 3.08. The molecule has 0 saturated heterocycles. The first kappa shape index (κ1) is 14.5. The molecule has 0 aliphatic rings. The van der Waals surface area contributed by atoms with Crippen LogP contribution in [0.3, 0.4) is 0 Å². The van der Waals surface area contributed by atoms with Gasteiger partial charge in [0.15, 0.2) is 0 Å². The zero-order valence-corrected chi connectivity index (χ0v) is 12.6. The zero-order valence-electron chi connectivity index (χ0n) is 12.6. The lowest BCUT2D eigenvalue weighted by Gasteiger charge is -2.11. The average molecular weight is 270 g/mol. The summed E-state index contributed by atoms with van der Waals surface area (Å²) in [5, 5.41) is 3.40. The second-order valence-corrected chi connectivity index (χ2v) is 5.35. The smallest absolute Gasteiger partial charge is 0.219 e. The molecule has 20 heavy (non-hydrogen) atoms. The fourth-order valence-electron chi connectivity index (χ4n) is 1.92. The van der Waals surface area contributed by atoms with Crippen LogP contribution in [0, 0.1) is 13.8 Å². The number of nitrogens with zero attached hydrogens (tertiary/aromatic N) is 1. The molecule has 1 aromatic carbocycles. The number of aryl methyl sites for hydroxylation is 2. The Morgan fingerprint density at radius 1 is 1.15 bits per heavy atom. The Morgan fingerprint density at radius 2 is 1.95 bits per heavy atom. The van der Waals surface area contributed by atoms with Gasteiger partial charge >= 0.3 is 0 Å². The van der Waals surface area contributed by atoms with Crippen LogP contribution in [0.1, 0.15) is 30.7 Å². The molecule has 0 fully saturated rings. The van der Waals surface area contributed by atoms with E-state index < -0.39 is 0 Å². The van der Waals surface area contributed by atoms with Crippen LogP contribution in [0.2, 0.25) is 0 Å². The molecule has 0 aliphatic carbocycles. The molecule has 2 rings (SSSR count). The number of rotatable bonds is 5. The van der Waals surface area contributed by atoms with Gasteiger partial charge < -0.3 is 10.1 Å². The summed E-state index contributed by atoms with van der Waals surface area (Å²) in [5.41, 5.74) is 3.38. The Labute approximate surface area is 121 Å². The van der Waals surface area contributed by atoms with Crippen LogP contribution in [0.4, 0.5) is 0 Å². The number of hydrogen-bond donors (Lipinski definition) is 1. The topological polar surface area (TPSA) is 34.1 Å². The van der Waals surface area contributed by atoms with Gasteiger partial charge in [0.2, 0.25) is 5.88 Å². The van der Waals surface area contributed by atoms with Gasteiger partial charge in [-0.1, -0.05) is 32.0 Å². The average Bonchev–Trinajstić information content (AvgIpc) is 2.37. The van der Waals surface area contributed by atoms with Crippen molar-refractivity contribution >= 4 is 0 Å². The summed E-state index contributed by atoms with van der Waals surface area (Å²) in [6.07, 6.45) is 0. The first-order valence-electron chi connectivity index (χ1n) is 6.99. The summed E-state index contributed by atoms with van der Waals surface area (Å²) in [5.74, 6) is 1.46. The van der Waals surface area contributed by atoms with E-state index in [1.165, 1.54) is 11.1 Å². The molecule has 0 spiro atoms. The van der Waals surface area contributed by atoms with Gasteiger partial charge in [-0.2, -0.15) is 0 Å². The first-order valence-corrected chi connectivity index (χ1v) is 6.99. The van der Waals surface area contributed by atoms with Crippen molar-refractivity contribution in [1.29, 1.82) is 0 Å². The third kappa shape index (κ3) is 4.07. The van der Waals surface area contributed by atoms with Crippen molar-refractivity contribution in [3.05, 3.63) is 53.2 Å². The number of aromatic nitrogens is 1. The molecule has 0 bridgehead atoms. The number of pyridine rings is 1. The maximum atomic E-state index is 5.79. The van der Waals surface area contributed by atoms with Crippen LogP contribution in [0.25, 0.3) is 0 Å². The number of hydrogen-bond acceptors (Lipinski definition) is 3. The highest BCUT2D eigenvalue weighted by Crippen LogP contribution is 2.21. The molecule has 0 unspecified atom stereocenters. The number of nitrogens with one attached hydrogen (secondary N) is 1. The summed E-state index contributed by atoms with van der Waals surface area (Å²) in [6.45, 7) is 9.17. The summed E-state index contributed by atoms with van der Waals surface area (Å²) >= 11 is 0. The van der Waals surface area contributed by atoms with Crippen molar-refractivity contribution < 1.29 is 4.74 Å². The van der Waals surface area contributed by atoms with E-state index >= 15 is 0 Å². The summed E-state index contributed by atoms with van der Waals surface area (Å²) in [4.78, 5) is 4.51. The molecule has 0 amide bonds. The summed E-state index contributed by atoms with van der Waals surface area (Å²) < 4.78 is 5.79. The molecule has 0 aliphatic heterocycles. The van der Waals surface area contributed by atoms with Gasteiger partial charge in [0.1, 0.15) is 5.75 Å². The Kier molecular flexibility index (Phi) is 4.74. The van der Waals surface area contributed by atoms with Crippen LogP contribution in [0.15, 0.2) is 36.4 Å². The lowest BCUT2D eigenvalue weighted by Crippen LogP contribution is -2.22. The Bertz CT molecular complexity index is 579. The van der Waals surface area contributed by atoms with Crippen molar-refractivity contribution in [3.63, 3.8) is 0 Å². The monoisotopic (exact) mass is 270 g/mol. The van der Waals surface area contributed by atoms with Crippen molar-refractivity contribution in [2.24, 2.45) is 0 Å². The van der Waals surface area contributed by atoms with Gasteiger partial charge in [-0.25, -0.2) is 4.98 Å². The quantitative estimate of drug-likeness (QED) is 0.892. The molecular weight excluding hydrogens is 248 g/mol. The van der Waals surface area contributed by atoms with E-state index in [0.717, 1.165) is 18.0 Å². The Balaban J connectivity index is 2.09. The lowest BCUT2D eigenvalue weighted by molar-refractivity contribution is 0.460. The van der Waals surface area contributed by atoms with Crippen LogP contribution in [0.5, 0.6) is 11.6 Å². The summed E-state index contributed by atoms with van der Waals surface area (Å²) in [7, 11) is 0. The predicted molar refractivity (Wildman–Crippen MR) is 82.2 cm³/mol. The van der Waals surface area contributed by atoms with E-state index in [4.69, 9.17) is 4.74 Å². The van der Waals surface area contributed by atoms with E-state index in [9.17, 15) is 0 Å². The van der Waals surface area contributed by atoms with E-state index in [-0.39, 0.29) is 0 Å². The zero-order chi connectivity index (χ0) is 14.5. The molecule has 3 nitrogen and oxygen atoms in total. The molecule has 1 aromatic heterocycles. The molecule has 1 N–H and O–H groups in total. The van der Waals surface area contributed by atoms with Gasteiger partial charge in [0.05, 0.1) is 0 Å². The number of ether oxygens (including phenoxy) is 1. The molecule has 106 valence electrons. The summed E-state index contributed by atoms with van der Waals surface area (Å²) in [6, 6.07) is 12.4.